The topological polar surface area (TPSA) is 67.9 Å². The molecule has 0 atom stereocenters. The Morgan fingerprint density at radius 3 is 0.429 bits per heavy atom. The number of hydrogen-bond donors (Lipinski definition) is 0. The second kappa shape index (κ2) is 297. The molecule has 0 aromatic heterocycles. The molecule has 0 aliphatic heterocycles. The zero-order chi connectivity index (χ0) is 19.7. The van der Waals surface area contributed by atoms with Crippen LogP contribution in [0.3, 0.4) is 0 Å². The molecule has 246 valence electrons. The first-order chi connectivity index (χ1) is 10.7. The van der Waals surface area contributed by atoms with Crippen molar-refractivity contribution in [3.05, 3.63) is 0 Å². The second-order valence-corrected chi connectivity index (χ2v) is 1.95. The van der Waals surface area contributed by atoms with Crippen molar-refractivity contribution < 1.29 is 236 Å². The zero-order valence-corrected chi connectivity index (χ0v) is 24.4. The molecule has 0 heterocycles. The van der Waals surface area contributed by atoms with Gasteiger partial charge in [-0.05, 0) is 13.8 Å². The van der Waals surface area contributed by atoms with E-state index < -0.39 is 0 Å². The smallest absolute Gasteiger partial charge is 0.0487 e. The Morgan fingerprint density at radius 1 is 0.371 bits per heavy atom. The van der Waals surface area contributed by atoms with Gasteiger partial charge < -0.3 is 9.47 Å². The van der Waals surface area contributed by atoms with E-state index >= 15 is 0 Å². The van der Waals surface area contributed by atoms with E-state index in [1.54, 1.807) is 42.4 Å². The van der Waals surface area contributed by atoms with E-state index in [-0.39, 0.29) is 278 Å². The maximum absolute atomic E-state index is 4.54. The van der Waals surface area contributed by atoms with Crippen molar-refractivity contribution >= 4 is 0 Å². The molecule has 0 saturated heterocycles. The van der Waals surface area contributed by atoms with Gasteiger partial charge in [0.25, 0.3) is 0 Å². The summed E-state index contributed by atoms with van der Waals surface area (Å²) in [4.78, 5) is 0. The van der Waals surface area contributed by atoms with Crippen molar-refractivity contribution in [3.8, 4) is 0 Å². The molecular weight excluding hydrogens is 604 g/mol. The van der Waals surface area contributed by atoms with Crippen molar-refractivity contribution in [2.45, 2.75) is 107 Å². The van der Waals surface area contributed by atoms with Crippen LogP contribution in [-0.2, 0) is 9.47 Å². The Hall–Kier alpha value is 6.68. The van der Waals surface area contributed by atoms with E-state index in [0.29, 0.717) is 0 Å². The molecule has 0 bridgehead atoms. The first-order valence-corrected chi connectivity index (χ1v) is 8.00. The first-order valence-electron chi connectivity index (χ1n) is 8.00. The molecule has 0 rings (SSSR count). The maximum atomic E-state index is 4.54. The van der Waals surface area contributed by atoms with Crippen LogP contribution in [0.1, 0.15) is 107 Å². The van der Waals surface area contributed by atoms with Crippen molar-refractivity contribution in [1.82, 2.24) is 0 Å². The van der Waals surface area contributed by atoms with Gasteiger partial charge >= 0.3 is 0 Å². The van der Waals surface area contributed by atoms with E-state index in [1.165, 1.54) is 0 Å². The Labute approximate surface area is 410 Å². The minimum atomic E-state index is 0. The fourth-order valence-electron chi connectivity index (χ4n) is 0. The minimum Gasteiger partial charge on any atom is -0.385 e. The largest absolute Gasteiger partial charge is 0.385 e. The summed E-state index contributed by atoms with van der Waals surface area (Å²) in [6.45, 7) is 17.6. The predicted octanol–water partition coefficient (Wildman–Crippen LogP) is 10.2. The van der Waals surface area contributed by atoms with Gasteiger partial charge in [0, 0.05) is 282 Å². The molecule has 0 aliphatic carbocycles. The normalized spacial score (nSPS) is 4.40. The van der Waals surface area contributed by atoms with E-state index in [1.807, 2.05) is 55.4 Å². The van der Waals surface area contributed by atoms with Crippen LogP contribution in [0, 0.1) is 226 Å². The van der Waals surface area contributed by atoms with Crippen LogP contribution in [0.15, 0.2) is 20.5 Å². The molecule has 12 heteroatoms. The summed E-state index contributed by atoms with van der Waals surface area (Å²) in [7, 11) is 9.92. The minimum absolute atomic E-state index is 0. The van der Waals surface area contributed by atoms with E-state index in [0.717, 1.165) is 13.2 Å². The molecule has 6 nitrogen and oxygen atoms in total. The van der Waals surface area contributed by atoms with Gasteiger partial charge in [0.2, 0.25) is 0 Å². The van der Waals surface area contributed by atoms with Gasteiger partial charge in [0.1, 0.15) is 0 Å². The van der Waals surface area contributed by atoms with Crippen LogP contribution < -0.4 is 0 Å². The third-order valence-corrected chi connectivity index (χ3v) is 0.977. The Morgan fingerprint density at radius 2 is 0.429 bits per heavy atom. The summed E-state index contributed by atoms with van der Waals surface area (Å²) in [5, 5.41) is 13.4. The van der Waals surface area contributed by atoms with Crippen LogP contribution in [0.4, 0.5) is 0 Å². The Balaban J connectivity index is -0.00000000398. The van der Waals surface area contributed by atoms with E-state index in [9.17, 15) is 0 Å². The third-order valence-electron chi connectivity index (χ3n) is 0.977. The molecule has 0 spiro atoms. The Kier molecular flexibility index (Phi) is 1250. The van der Waals surface area contributed by atoms with Crippen molar-refractivity contribution in [3.63, 3.8) is 0 Å². The molecule has 0 unspecified atom stereocenters. The number of rotatable bonds is 2. The Bertz CT molecular complexity index is 123. The van der Waals surface area contributed by atoms with Crippen molar-refractivity contribution in [2.24, 2.45) is 20.5 Å². The molecule has 0 fully saturated rings. The monoisotopic (exact) mass is 678 g/mol. The summed E-state index contributed by atoms with van der Waals surface area (Å²) in [5.41, 5.74) is 0. The number of methoxy groups -OCH3 is 2. The van der Waals surface area contributed by atoms with Crippen LogP contribution in [0.2, 0.25) is 0 Å². The molecule has 0 aromatic rings. The number of azo groups is 2. The van der Waals surface area contributed by atoms with Gasteiger partial charge in [-0.15, -0.1) is 0 Å². The molecule has 0 radical (unpaired) electrons. The zero-order valence-electron chi connectivity index (χ0n) is 20.1. The molecule has 0 aliphatic rings. The molecular formula is C23H74Ar6N4O2. The summed E-state index contributed by atoms with van der Waals surface area (Å²) in [5.74, 6) is 0. The fraction of sp³-hybridized carbons (Fsp3) is 1.00. The van der Waals surface area contributed by atoms with Crippen LogP contribution in [0.5, 0.6) is 0 Å². The van der Waals surface area contributed by atoms with Crippen LogP contribution in [-0.4, -0.2) is 55.6 Å². The number of ether oxygens (including phenoxy) is 2. The average Bonchev–Trinajstić information content (AvgIpc) is 2.66. The quantitative estimate of drug-likeness (QED) is 0.273. The van der Waals surface area contributed by atoms with Gasteiger partial charge in [-0.2, -0.15) is 20.5 Å². The molecule has 0 N–H and O–H groups in total. The van der Waals surface area contributed by atoms with Gasteiger partial charge in [-0.1, -0.05) is 93.5 Å². The number of hydrogen-bond acceptors (Lipinski definition) is 6. The molecule has 0 aromatic carbocycles. The summed E-state index contributed by atoms with van der Waals surface area (Å²) in [6.07, 6.45) is 0. The van der Waals surface area contributed by atoms with Gasteiger partial charge in [0.05, 0.1) is 0 Å². The number of nitrogens with zero attached hydrogens (tertiary/aromatic N) is 4. The third kappa shape index (κ3) is 534. The van der Waals surface area contributed by atoms with Crippen molar-refractivity contribution in [2.75, 3.05) is 55.6 Å². The standard InChI is InChI=1S/2C3H8O.2C2H6N2.3C2H6.7CH4.6Ar/c4*1-3-4-2;3*1-2;;;;;;;;;;;;;/h2*3H2,1-2H3;2*1-2H3;3*1-2H3;7*1H4;;;;;;. The van der Waals surface area contributed by atoms with Gasteiger partial charge in [-0.25, -0.2) is 0 Å². The average molecular weight is 679 g/mol. The van der Waals surface area contributed by atoms with Crippen LogP contribution in [0.25, 0.3) is 0 Å². The summed E-state index contributed by atoms with van der Waals surface area (Å²) >= 11 is 0. The van der Waals surface area contributed by atoms with Crippen molar-refractivity contribution in [1.29, 1.82) is 0 Å². The molecule has 35 heavy (non-hydrogen) atoms. The molecule has 0 saturated carbocycles. The first kappa shape index (κ1) is 147. The van der Waals surface area contributed by atoms with E-state index in [4.69, 9.17) is 0 Å². The van der Waals surface area contributed by atoms with Gasteiger partial charge in [-0.3, -0.25) is 0 Å². The summed E-state index contributed by atoms with van der Waals surface area (Å²) in [6, 6.07) is 0. The van der Waals surface area contributed by atoms with Gasteiger partial charge in [0.15, 0.2) is 0 Å². The second-order valence-electron chi connectivity index (χ2n) is 1.95. The maximum Gasteiger partial charge on any atom is 0.0487 e. The van der Waals surface area contributed by atoms with Crippen LogP contribution >= 0.6 is 0 Å². The fourth-order valence-corrected chi connectivity index (χ4v) is 0. The predicted molar refractivity (Wildman–Crippen MR) is 150 cm³/mol. The molecule has 0 amide bonds. The van der Waals surface area contributed by atoms with E-state index in [2.05, 4.69) is 29.9 Å². The summed E-state index contributed by atoms with van der Waals surface area (Å²) < 4.78 is 9.08. The SMILES string of the molecule is C.C.C.C.C.C.C.CC.CC.CC.CCOC.CCOC.CN=NC.CN=NC.[Ar].[Ar].[Ar].[Ar].[Ar].[Ar].